The van der Waals surface area contributed by atoms with Gasteiger partial charge in [-0.1, -0.05) is 36.2 Å². The maximum atomic E-state index is 11.2. The van der Waals surface area contributed by atoms with Crippen LogP contribution >= 0.6 is 15.9 Å². The van der Waals surface area contributed by atoms with Crippen LogP contribution < -0.4 is 10.1 Å². The number of nitrogens with one attached hydrogen (secondary N) is 1. The Kier molecular flexibility index (Phi) is 7.02. The van der Waals surface area contributed by atoms with Gasteiger partial charge in [-0.3, -0.25) is 0 Å². The van der Waals surface area contributed by atoms with E-state index in [0.717, 1.165) is 23.0 Å². The van der Waals surface area contributed by atoms with Crippen LogP contribution in [0.2, 0.25) is 0 Å². The highest BCUT2D eigenvalue weighted by Crippen LogP contribution is 2.29. The average Bonchev–Trinajstić information content (AvgIpc) is 2.40. The maximum absolute atomic E-state index is 11.2. The van der Waals surface area contributed by atoms with E-state index in [-0.39, 0.29) is 6.04 Å². The lowest BCUT2D eigenvalue weighted by Gasteiger charge is -2.21. The zero-order valence-corrected chi connectivity index (χ0v) is 13.7. The third-order valence-electron chi connectivity index (χ3n) is 3.04. The van der Waals surface area contributed by atoms with Crippen LogP contribution in [-0.2, 0) is 4.79 Å². The minimum absolute atomic E-state index is 0.101. The molecule has 2 atom stereocenters. The summed E-state index contributed by atoms with van der Waals surface area (Å²) in [6.07, 6.45) is 0.472. The summed E-state index contributed by atoms with van der Waals surface area (Å²) < 4.78 is 6.66. The molecule has 0 heterocycles. The van der Waals surface area contributed by atoms with Crippen molar-refractivity contribution in [3.8, 4) is 5.75 Å². The molecule has 0 amide bonds. The predicted molar refractivity (Wildman–Crippen MR) is 83.2 cm³/mol. The van der Waals surface area contributed by atoms with Crippen LogP contribution in [0.15, 0.2) is 22.7 Å². The molecule has 0 saturated heterocycles. The Morgan fingerprint density at radius 1 is 1.45 bits per heavy atom. The fourth-order valence-corrected chi connectivity index (χ4v) is 2.41. The largest absolute Gasteiger partial charge is 0.479 e. The smallest absolute Gasteiger partial charge is 0.344 e. The van der Waals surface area contributed by atoms with Crippen molar-refractivity contribution in [2.24, 2.45) is 0 Å². The van der Waals surface area contributed by atoms with Crippen LogP contribution in [-0.4, -0.2) is 23.7 Å². The predicted octanol–water partition coefficient (Wildman–Crippen LogP) is 3.75. The molecule has 1 aromatic carbocycles. The van der Waals surface area contributed by atoms with E-state index in [1.807, 2.05) is 39.0 Å². The van der Waals surface area contributed by atoms with Crippen LogP contribution in [0.5, 0.6) is 5.75 Å². The summed E-state index contributed by atoms with van der Waals surface area (Å²) >= 11 is 3.44. The van der Waals surface area contributed by atoms with Crippen molar-refractivity contribution in [2.75, 3.05) is 6.54 Å². The highest BCUT2D eigenvalue weighted by Gasteiger charge is 2.21. The fourth-order valence-electron chi connectivity index (χ4n) is 2.03. The summed E-state index contributed by atoms with van der Waals surface area (Å²) in [5.41, 5.74) is 0.962. The second-order valence-electron chi connectivity index (χ2n) is 4.69. The molecule has 0 saturated carbocycles. The zero-order valence-electron chi connectivity index (χ0n) is 12.1. The van der Waals surface area contributed by atoms with Gasteiger partial charge in [0.1, 0.15) is 5.75 Å². The summed E-state index contributed by atoms with van der Waals surface area (Å²) in [6.45, 7) is 6.85. The highest BCUT2D eigenvalue weighted by atomic mass is 79.9. The number of benzene rings is 1. The van der Waals surface area contributed by atoms with Gasteiger partial charge in [0.2, 0.25) is 0 Å². The third kappa shape index (κ3) is 4.80. The van der Waals surface area contributed by atoms with Crippen molar-refractivity contribution in [2.45, 2.75) is 45.8 Å². The second kappa shape index (κ2) is 8.27. The molecule has 1 aromatic rings. The molecule has 0 aliphatic heterocycles. The molecule has 5 heteroatoms. The molecular weight excluding hydrogens is 322 g/mol. The number of aliphatic carboxylic acids is 1. The number of halogens is 1. The van der Waals surface area contributed by atoms with Crippen LogP contribution in [0.3, 0.4) is 0 Å². The highest BCUT2D eigenvalue weighted by molar-refractivity contribution is 9.10. The number of rotatable bonds is 8. The van der Waals surface area contributed by atoms with Crippen LogP contribution in [0, 0.1) is 0 Å². The lowest BCUT2D eigenvalue weighted by Crippen LogP contribution is -2.28. The second-order valence-corrected chi connectivity index (χ2v) is 5.61. The Morgan fingerprint density at radius 2 is 2.15 bits per heavy atom. The van der Waals surface area contributed by atoms with E-state index in [1.165, 1.54) is 0 Å². The first kappa shape index (κ1) is 17.0. The van der Waals surface area contributed by atoms with Gasteiger partial charge in [0.25, 0.3) is 0 Å². The quantitative estimate of drug-likeness (QED) is 0.754. The average molecular weight is 344 g/mol. The number of carboxylic acids is 1. The third-order valence-corrected chi connectivity index (χ3v) is 3.54. The molecule has 0 aromatic heterocycles. The van der Waals surface area contributed by atoms with E-state index in [2.05, 4.69) is 21.2 Å². The van der Waals surface area contributed by atoms with Gasteiger partial charge in [0.05, 0.1) is 0 Å². The molecule has 0 fully saturated rings. The molecule has 0 aliphatic rings. The van der Waals surface area contributed by atoms with E-state index in [9.17, 15) is 9.90 Å². The molecule has 0 spiro atoms. The molecule has 2 N–H and O–H groups in total. The van der Waals surface area contributed by atoms with Crippen molar-refractivity contribution in [1.82, 2.24) is 5.32 Å². The van der Waals surface area contributed by atoms with Crippen molar-refractivity contribution in [3.05, 3.63) is 28.2 Å². The SMILES string of the molecule is CCCC(Oc1ccc(Br)cc1C(C)NCC)C(=O)O. The maximum Gasteiger partial charge on any atom is 0.344 e. The molecular formula is C15H22BrNO3. The monoisotopic (exact) mass is 343 g/mol. The molecule has 0 aliphatic carbocycles. The van der Waals surface area contributed by atoms with Crippen LogP contribution in [0.1, 0.15) is 45.2 Å². The molecule has 0 radical (unpaired) electrons. The van der Waals surface area contributed by atoms with Crippen molar-refractivity contribution in [1.29, 1.82) is 0 Å². The van der Waals surface area contributed by atoms with Gasteiger partial charge >= 0.3 is 5.97 Å². The molecule has 20 heavy (non-hydrogen) atoms. The van der Waals surface area contributed by atoms with E-state index >= 15 is 0 Å². The first-order valence-corrected chi connectivity index (χ1v) is 7.71. The minimum atomic E-state index is -0.920. The summed E-state index contributed by atoms with van der Waals surface area (Å²) in [6, 6.07) is 5.75. The Balaban J connectivity index is 3.00. The Bertz CT molecular complexity index is 451. The summed E-state index contributed by atoms with van der Waals surface area (Å²) in [7, 11) is 0. The number of hydrogen-bond acceptors (Lipinski definition) is 3. The number of carbonyl (C=O) groups is 1. The van der Waals surface area contributed by atoms with Crippen molar-refractivity contribution in [3.63, 3.8) is 0 Å². The Hall–Kier alpha value is -1.07. The standard InChI is InChI=1S/C15H22BrNO3/c1-4-6-14(15(18)19)20-13-8-7-11(16)9-12(13)10(3)17-5-2/h7-10,14,17H,4-6H2,1-3H3,(H,18,19). The Morgan fingerprint density at radius 3 is 2.70 bits per heavy atom. The first-order chi connectivity index (χ1) is 9.49. The summed E-state index contributed by atoms with van der Waals surface area (Å²) in [5.74, 6) is -0.292. The van der Waals surface area contributed by atoms with E-state index in [1.54, 1.807) is 0 Å². The van der Waals surface area contributed by atoms with Crippen molar-refractivity contribution < 1.29 is 14.6 Å². The number of ether oxygens (including phenoxy) is 1. The van der Waals surface area contributed by atoms with E-state index < -0.39 is 12.1 Å². The Labute approximate surface area is 128 Å². The van der Waals surface area contributed by atoms with Gasteiger partial charge in [0, 0.05) is 16.1 Å². The topological polar surface area (TPSA) is 58.6 Å². The summed E-state index contributed by atoms with van der Waals surface area (Å²) in [5, 5.41) is 12.5. The number of hydrogen-bond donors (Lipinski definition) is 2. The zero-order chi connectivity index (χ0) is 15.1. The molecule has 0 bridgehead atoms. The lowest BCUT2D eigenvalue weighted by molar-refractivity contribution is -0.145. The molecule has 2 unspecified atom stereocenters. The van der Waals surface area contributed by atoms with Crippen LogP contribution in [0.25, 0.3) is 0 Å². The number of carboxylic acid groups (broad SMARTS) is 1. The van der Waals surface area contributed by atoms with Crippen molar-refractivity contribution >= 4 is 21.9 Å². The van der Waals surface area contributed by atoms with E-state index in [0.29, 0.717) is 12.2 Å². The molecule has 4 nitrogen and oxygen atoms in total. The van der Waals surface area contributed by atoms with Gasteiger partial charge in [-0.15, -0.1) is 0 Å². The van der Waals surface area contributed by atoms with Gasteiger partial charge in [-0.2, -0.15) is 0 Å². The normalized spacial score (nSPS) is 13.8. The molecule has 112 valence electrons. The first-order valence-electron chi connectivity index (χ1n) is 6.91. The summed E-state index contributed by atoms with van der Waals surface area (Å²) in [4.78, 5) is 11.2. The van der Waals surface area contributed by atoms with Crippen LogP contribution in [0.4, 0.5) is 0 Å². The fraction of sp³-hybridized carbons (Fsp3) is 0.533. The minimum Gasteiger partial charge on any atom is -0.479 e. The lowest BCUT2D eigenvalue weighted by atomic mass is 10.1. The van der Waals surface area contributed by atoms with Gasteiger partial charge in [-0.05, 0) is 38.1 Å². The van der Waals surface area contributed by atoms with Gasteiger partial charge < -0.3 is 15.2 Å². The molecule has 1 rings (SSSR count). The van der Waals surface area contributed by atoms with Gasteiger partial charge in [0.15, 0.2) is 6.10 Å². The van der Waals surface area contributed by atoms with Gasteiger partial charge in [-0.25, -0.2) is 4.79 Å². The van der Waals surface area contributed by atoms with E-state index in [4.69, 9.17) is 4.74 Å².